The largest absolute Gasteiger partial charge is 0.496 e. The second-order valence-electron chi connectivity index (χ2n) is 7.63. The lowest BCUT2D eigenvalue weighted by Crippen LogP contribution is -2.35. The molecule has 3 aliphatic rings. The lowest BCUT2D eigenvalue weighted by molar-refractivity contribution is -0.175. The molecule has 0 fully saturated rings. The fraction of sp³-hybridized carbons (Fsp3) is 0.455. The summed E-state index contributed by atoms with van der Waals surface area (Å²) in [5.74, 6) is 2.99. The molecule has 1 N–H and O–H groups in total. The standard InChI is InChI=1S/C22H25NO7/c1-23-6-5-11-7-13-14(29-10-28-13)8-12(11)20-19(23)17-15(25-2)9-16(26-3)21(27-4)18(17)22(24)30-20/h7-9,19-20,22,24H,5-6,10H2,1-4H3/t19-,20+,22-/m1/s1. The number of ether oxygens (including phenoxy) is 6. The molecule has 0 saturated heterocycles. The molecule has 0 saturated carbocycles. The summed E-state index contributed by atoms with van der Waals surface area (Å²) in [6.45, 7) is 1.01. The molecule has 3 heterocycles. The van der Waals surface area contributed by atoms with Gasteiger partial charge in [-0.1, -0.05) is 0 Å². The van der Waals surface area contributed by atoms with Gasteiger partial charge in [0.05, 0.1) is 32.9 Å². The Kier molecular flexibility index (Phi) is 4.65. The molecule has 0 amide bonds. The number of benzene rings is 2. The fourth-order valence-electron chi connectivity index (χ4n) is 4.78. The molecule has 2 aromatic carbocycles. The predicted octanol–water partition coefficient (Wildman–Crippen LogP) is 2.73. The molecule has 0 aliphatic carbocycles. The Balaban J connectivity index is 1.73. The van der Waals surface area contributed by atoms with Crippen LogP contribution in [0, 0.1) is 0 Å². The van der Waals surface area contributed by atoms with Crippen LogP contribution in [0.25, 0.3) is 0 Å². The van der Waals surface area contributed by atoms with Crippen LogP contribution in [0.5, 0.6) is 28.7 Å². The number of aliphatic hydroxyl groups excluding tert-OH is 1. The summed E-state index contributed by atoms with van der Waals surface area (Å²) in [4.78, 5) is 2.22. The van der Waals surface area contributed by atoms with Crippen LogP contribution in [0.3, 0.4) is 0 Å². The SMILES string of the molecule is COc1cc(OC)c2c(c1OC)[C@H](O)O[C@H]1c3cc4c(cc3CCN(C)[C@H]21)OCO4. The number of methoxy groups -OCH3 is 3. The zero-order chi connectivity index (χ0) is 21.0. The highest BCUT2D eigenvalue weighted by Gasteiger charge is 2.45. The Morgan fingerprint density at radius 2 is 1.70 bits per heavy atom. The monoisotopic (exact) mass is 415 g/mol. The van der Waals surface area contributed by atoms with Crippen LogP contribution in [0.1, 0.15) is 40.7 Å². The first-order valence-corrected chi connectivity index (χ1v) is 9.86. The molecular formula is C22H25NO7. The molecule has 8 nitrogen and oxygen atoms in total. The molecular weight excluding hydrogens is 390 g/mol. The maximum atomic E-state index is 11.1. The van der Waals surface area contributed by atoms with Crippen molar-refractivity contribution < 1.29 is 33.5 Å². The van der Waals surface area contributed by atoms with E-state index in [0.29, 0.717) is 28.6 Å². The van der Waals surface area contributed by atoms with Gasteiger partial charge < -0.3 is 33.5 Å². The summed E-state index contributed by atoms with van der Waals surface area (Å²) in [7, 11) is 6.77. The minimum Gasteiger partial charge on any atom is -0.496 e. The third-order valence-electron chi connectivity index (χ3n) is 6.18. The van der Waals surface area contributed by atoms with E-state index in [1.54, 1.807) is 27.4 Å². The van der Waals surface area contributed by atoms with E-state index in [1.807, 2.05) is 19.2 Å². The van der Waals surface area contributed by atoms with Gasteiger partial charge in [0.2, 0.25) is 6.79 Å². The summed E-state index contributed by atoms with van der Waals surface area (Å²) in [5, 5.41) is 11.1. The van der Waals surface area contributed by atoms with Gasteiger partial charge in [-0.2, -0.15) is 0 Å². The van der Waals surface area contributed by atoms with Crippen molar-refractivity contribution in [3.63, 3.8) is 0 Å². The number of aliphatic hydroxyl groups is 1. The zero-order valence-electron chi connectivity index (χ0n) is 17.4. The second-order valence-corrected chi connectivity index (χ2v) is 7.63. The van der Waals surface area contributed by atoms with Crippen LogP contribution in [-0.4, -0.2) is 51.7 Å². The summed E-state index contributed by atoms with van der Waals surface area (Å²) in [6.07, 6.45) is -0.804. The van der Waals surface area contributed by atoms with Crippen LogP contribution < -0.4 is 23.7 Å². The first-order chi connectivity index (χ1) is 14.6. The highest BCUT2D eigenvalue weighted by Crippen LogP contribution is 2.56. The smallest absolute Gasteiger partial charge is 0.231 e. The summed E-state index contributed by atoms with van der Waals surface area (Å²) in [5.41, 5.74) is 3.47. The maximum absolute atomic E-state index is 11.1. The van der Waals surface area contributed by atoms with Gasteiger partial charge in [-0.3, -0.25) is 4.90 Å². The van der Waals surface area contributed by atoms with Crippen LogP contribution in [0.2, 0.25) is 0 Å². The van der Waals surface area contributed by atoms with E-state index in [2.05, 4.69) is 4.90 Å². The van der Waals surface area contributed by atoms with E-state index in [-0.39, 0.29) is 12.8 Å². The average Bonchev–Trinajstić information content (AvgIpc) is 3.17. The Morgan fingerprint density at radius 3 is 2.40 bits per heavy atom. The average molecular weight is 415 g/mol. The Hall–Kier alpha value is -2.68. The van der Waals surface area contributed by atoms with Crippen LogP contribution in [0.15, 0.2) is 18.2 Å². The van der Waals surface area contributed by atoms with Crippen molar-refractivity contribution in [2.45, 2.75) is 24.9 Å². The van der Waals surface area contributed by atoms with Gasteiger partial charge in [0.25, 0.3) is 0 Å². The van der Waals surface area contributed by atoms with E-state index in [0.717, 1.165) is 35.4 Å². The van der Waals surface area contributed by atoms with Gasteiger partial charge in [0.1, 0.15) is 11.9 Å². The molecule has 0 aromatic heterocycles. The van der Waals surface area contributed by atoms with Gasteiger partial charge >= 0.3 is 0 Å². The third kappa shape index (κ3) is 2.71. The van der Waals surface area contributed by atoms with Crippen molar-refractivity contribution in [3.8, 4) is 28.7 Å². The highest BCUT2D eigenvalue weighted by molar-refractivity contribution is 5.61. The summed E-state index contributed by atoms with van der Waals surface area (Å²) in [6, 6.07) is 5.59. The lowest BCUT2D eigenvalue weighted by Gasteiger charge is -2.41. The van der Waals surface area contributed by atoms with Crippen molar-refractivity contribution in [2.24, 2.45) is 0 Å². The number of nitrogens with zero attached hydrogens (tertiary/aromatic N) is 1. The van der Waals surface area contributed by atoms with Crippen LogP contribution in [-0.2, 0) is 11.2 Å². The highest BCUT2D eigenvalue weighted by atomic mass is 16.7. The molecule has 8 heteroatoms. The minimum atomic E-state index is -1.20. The van der Waals surface area contributed by atoms with Crippen LogP contribution >= 0.6 is 0 Å². The molecule has 2 aromatic rings. The molecule has 3 aliphatic heterocycles. The molecule has 0 spiro atoms. The van der Waals surface area contributed by atoms with E-state index in [1.165, 1.54) is 0 Å². The van der Waals surface area contributed by atoms with Gasteiger partial charge in [-0.15, -0.1) is 0 Å². The number of rotatable bonds is 3. The fourth-order valence-corrected chi connectivity index (χ4v) is 4.78. The van der Waals surface area contributed by atoms with E-state index < -0.39 is 12.4 Å². The normalized spacial score (nSPS) is 24.4. The van der Waals surface area contributed by atoms with Gasteiger partial charge in [0.15, 0.2) is 29.3 Å². The predicted molar refractivity (Wildman–Crippen MR) is 107 cm³/mol. The third-order valence-corrected chi connectivity index (χ3v) is 6.18. The zero-order valence-corrected chi connectivity index (χ0v) is 17.4. The van der Waals surface area contributed by atoms with Crippen molar-refractivity contribution >= 4 is 0 Å². The van der Waals surface area contributed by atoms with Gasteiger partial charge in [-0.05, 0) is 36.7 Å². The summed E-state index contributed by atoms with van der Waals surface area (Å²) < 4.78 is 34.2. The van der Waals surface area contributed by atoms with Crippen molar-refractivity contribution in [2.75, 3.05) is 41.7 Å². The Morgan fingerprint density at radius 1 is 0.967 bits per heavy atom. The second kappa shape index (κ2) is 7.23. The maximum Gasteiger partial charge on any atom is 0.231 e. The van der Waals surface area contributed by atoms with Gasteiger partial charge in [0, 0.05) is 18.2 Å². The van der Waals surface area contributed by atoms with E-state index in [9.17, 15) is 5.11 Å². The van der Waals surface area contributed by atoms with Crippen molar-refractivity contribution in [1.82, 2.24) is 4.90 Å². The molecule has 30 heavy (non-hydrogen) atoms. The number of likely N-dealkylation sites (N-methyl/N-ethyl adjacent to an activating group) is 1. The first kappa shape index (κ1) is 19.3. The van der Waals surface area contributed by atoms with E-state index in [4.69, 9.17) is 28.4 Å². The number of hydrogen-bond donors (Lipinski definition) is 1. The Bertz CT molecular complexity index is 992. The van der Waals surface area contributed by atoms with Crippen molar-refractivity contribution in [3.05, 3.63) is 40.5 Å². The molecule has 160 valence electrons. The number of hydrogen-bond acceptors (Lipinski definition) is 8. The Labute approximate surface area is 174 Å². The topological polar surface area (TPSA) is 78.9 Å². The molecule has 3 atom stereocenters. The van der Waals surface area contributed by atoms with Gasteiger partial charge in [-0.25, -0.2) is 0 Å². The molecule has 5 rings (SSSR count). The minimum absolute atomic E-state index is 0.195. The molecule has 0 radical (unpaired) electrons. The van der Waals surface area contributed by atoms with E-state index >= 15 is 0 Å². The molecule has 0 bridgehead atoms. The number of fused-ring (bicyclic) bond motifs is 6. The summed E-state index contributed by atoms with van der Waals surface area (Å²) >= 11 is 0. The van der Waals surface area contributed by atoms with Crippen molar-refractivity contribution in [1.29, 1.82) is 0 Å². The quantitative estimate of drug-likeness (QED) is 0.820. The first-order valence-electron chi connectivity index (χ1n) is 9.86. The van der Waals surface area contributed by atoms with Crippen LogP contribution in [0.4, 0.5) is 0 Å². The molecule has 0 unspecified atom stereocenters. The lowest BCUT2D eigenvalue weighted by atomic mass is 9.86.